The van der Waals surface area contributed by atoms with Crippen molar-refractivity contribution in [2.45, 2.75) is 39.7 Å². The van der Waals surface area contributed by atoms with Crippen LogP contribution < -0.4 is 10.1 Å². The Morgan fingerprint density at radius 2 is 1.74 bits per heavy atom. The zero-order valence-corrected chi connectivity index (χ0v) is 11.7. The van der Waals surface area contributed by atoms with Crippen molar-refractivity contribution in [1.29, 1.82) is 0 Å². The van der Waals surface area contributed by atoms with E-state index in [1.165, 1.54) is 6.92 Å². The molecule has 4 nitrogen and oxygen atoms in total. The van der Waals surface area contributed by atoms with Gasteiger partial charge in [0.15, 0.2) is 12.4 Å². The molecule has 0 saturated heterocycles. The lowest BCUT2D eigenvalue weighted by atomic mass is 10.1. The minimum Gasteiger partial charge on any atom is -0.484 e. The highest BCUT2D eigenvalue weighted by molar-refractivity contribution is 5.94. The number of rotatable bonds is 7. The molecule has 0 saturated carbocycles. The zero-order valence-electron chi connectivity index (χ0n) is 11.7. The number of ketones is 1. The summed E-state index contributed by atoms with van der Waals surface area (Å²) in [4.78, 5) is 22.7. The number of carbonyl (C=O) groups excluding carboxylic acids is 2. The van der Waals surface area contributed by atoms with Crippen molar-refractivity contribution < 1.29 is 14.3 Å². The Morgan fingerprint density at radius 3 is 2.21 bits per heavy atom. The quantitative estimate of drug-likeness (QED) is 0.769. The number of Topliss-reactive ketones (excluding diaryl/α,β-unsaturated/α-hetero) is 1. The van der Waals surface area contributed by atoms with Gasteiger partial charge in [-0.15, -0.1) is 0 Å². The van der Waals surface area contributed by atoms with Gasteiger partial charge in [-0.25, -0.2) is 0 Å². The van der Waals surface area contributed by atoms with Gasteiger partial charge < -0.3 is 10.1 Å². The first-order valence-electron chi connectivity index (χ1n) is 6.60. The predicted molar refractivity (Wildman–Crippen MR) is 74.5 cm³/mol. The van der Waals surface area contributed by atoms with E-state index in [1.807, 2.05) is 13.8 Å². The van der Waals surface area contributed by atoms with Crippen LogP contribution in [0.5, 0.6) is 5.75 Å². The monoisotopic (exact) mass is 263 g/mol. The average molecular weight is 263 g/mol. The summed E-state index contributed by atoms with van der Waals surface area (Å²) >= 11 is 0. The van der Waals surface area contributed by atoms with Crippen LogP contribution >= 0.6 is 0 Å². The second-order valence-electron chi connectivity index (χ2n) is 4.45. The first-order valence-corrected chi connectivity index (χ1v) is 6.60. The number of hydrogen-bond acceptors (Lipinski definition) is 3. The summed E-state index contributed by atoms with van der Waals surface area (Å²) in [7, 11) is 0. The van der Waals surface area contributed by atoms with Gasteiger partial charge in [0.1, 0.15) is 5.75 Å². The maximum Gasteiger partial charge on any atom is 0.258 e. The Morgan fingerprint density at radius 1 is 1.16 bits per heavy atom. The first kappa shape index (κ1) is 15.2. The molecule has 0 bridgehead atoms. The van der Waals surface area contributed by atoms with Crippen molar-refractivity contribution >= 4 is 11.7 Å². The number of carbonyl (C=O) groups is 2. The summed E-state index contributed by atoms with van der Waals surface area (Å²) in [5.41, 5.74) is 0.633. The molecule has 0 spiro atoms. The van der Waals surface area contributed by atoms with Crippen LogP contribution in [0.15, 0.2) is 24.3 Å². The molecule has 104 valence electrons. The molecule has 0 aliphatic heterocycles. The summed E-state index contributed by atoms with van der Waals surface area (Å²) < 4.78 is 5.37. The number of amides is 1. The third-order valence-corrected chi connectivity index (χ3v) is 2.98. The lowest BCUT2D eigenvalue weighted by Crippen LogP contribution is -2.37. The number of hydrogen-bond donors (Lipinski definition) is 1. The Hall–Kier alpha value is -1.84. The average Bonchev–Trinajstić information content (AvgIpc) is 2.43. The largest absolute Gasteiger partial charge is 0.484 e. The highest BCUT2D eigenvalue weighted by atomic mass is 16.5. The second-order valence-corrected chi connectivity index (χ2v) is 4.45. The third kappa shape index (κ3) is 5.12. The number of benzene rings is 1. The summed E-state index contributed by atoms with van der Waals surface area (Å²) in [5, 5.41) is 2.90. The predicted octanol–water partition coefficient (Wildman–Crippen LogP) is 2.57. The third-order valence-electron chi connectivity index (χ3n) is 2.98. The van der Waals surface area contributed by atoms with E-state index in [1.54, 1.807) is 24.3 Å². The lowest BCUT2D eigenvalue weighted by Gasteiger charge is -2.15. The maximum absolute atomic E-state index is 11.6. The van der Waals surface area contributed by atoms with E-state index in [0.29, 0.717) is 11.3 Å². The van der Waals surface area contributed by atoms with E-state index >= 15 is 0 Å². The van der Waals surface area contributed by atoms with Gasteiger partial charge in [-0.1, -0.05) is 13.8 Å². The Bertz CT molecular complexity index is 422. The van der Waals surface area contributed by atoms with E-state index in [2.05, 4.69) is 5.32 Å². The van der Waals surface area contributed by atoms with Crippen LogP contribution in [0.1, 0.15) is 44.0 Å². The Balaban J connectivity index is 2.43. The Labute approximate surface area is 114 Å². The number of ether oxygens (including phenoxy) is 1. The van der Waals surface area contributed by atoms with Gasteiger partial charge in [0.2, 0.25) is 0 Å². The fourth-order valence-corrected chi connectivity index (χ4v) is 1.70. The molecule has 0 heterocycles. The van der Waals surface area contributed by atoms with Crippen molar-refractivity contribution in [2.75, 3.05) is 6.61 Å². The second kappa shape index (κ2) is 7.56. The van der Waals surface area contributed by atoms with Gasteiger partial charge in [0, 0.05) is 11.6 Å². The minimum absolute atomic E-state index is 0.00405. The first-order chi connectivity index (χ1) is 9.06. The summed E-state index contributed by atoms with van der Waals surface area (Å²) in [6.45, 7) is 5.58. The normalized spacial score (nSPS) is 10.3. The van der Waals surface area contributed by atoms with Crippen molar-refractivity contribution in [3.8, 4) is 5.75 Å². The molecule has 0 atom stereocenters. The van der Waals surface area contributed by atoms with Gasteiger partial charge in [0.25, 0.3) is 5.91 Å². The van der Waals surface area contributed by atoms with Crippen LogP contribution in [0.25, 0.3) is 0 Å². The molecule has 4 heteroatoms. The SMILES string of the molecule is CCC(CC)NC(=O)COc1ccc(C(C)=O)cc1. The summed E-state index contributed by atoms with van der Waals surface area (Å²) in [5.74, 6) is 0.479. The van der Waals surface area contributed by atoms with E-state index in [0.717, 1.165) is 12.8 Å². The highest BCUT2D eigenvalue weighted by Gasteiger charge is 2.08. The van der Waals surface area contributed by atoms with Gasteiger partial charge >= 0.3 is 0 Å². The van der Waals surface area contributed by atoms with Crippen LogP contribution in [0.3, 0.4) is 0 Å². The number of nitrogens with one attached hydrogen (secondary N) is 1. The highest BCUT2D eigenvalue weighted by Crippen LogP contribution is 2.12. The van der Waals surface area contributed by atoms with Crippen LogP contribution in [0.2, 0.25) is 0 Å². The minimum atomic E-state index is -0.121. The molecule has 0 unspecified atom stereocenters. The van der Waals surface area contributed by atoms with Gasteiger partial charge in [-0.05, 0) is 44.0 Å². The standard InChI is InChI=1S/C15H21NO3/c1-4-13(5-2)16-15(18)10-19-14-8-6-12(7-9-14)11(3)17/h6-9,13H,4-5,10H2,1-3H3,(H,16,18). The van der Waals surface area contributed by atoms with Crippen LogP contribution in [-0.2, 0) is 4.79 Å². The van der Waals surface area contributed by atoms with Crippen LogP contribution in [0, 0.1) is 0 Å². The maximum atomic E-state index is 11.6. The van der Waals surface area contributed by atoms with Crippen molar-refractivity contribution in [3.63, 3.8) is 0 Å². The Kier molecular flexibility index (Phi) is 6.06. The van der Waals surface area contributed by atoms with Crippen molar-refractivity contribution in [1.82, 2.24) is 5.32 Å². The molecular weight excluding hydrogens is 242 g/mol. The van der Waals surface area contributed by atoms with Gasteiger partial charge in [-0.2, -0.15) is 0 Å². The molecule has 0 aliphatic rings. The molecule has 1 rings (SSSR count). The van der Waals surface area contributed by atoms with Crippen molar-refractivity contribution in [3.05, 3.63) is 29.8 Å². The molecule has 0 aliphatic carbocycles. The molecule has 0 fully saturated rings. The smallest absolute Gasteiger partial charge is 0.258 e. The summed E-state index contributed by atoms with van der Waals surface area (Å²) in [6, 6.07) is 6.98. The van der Waals surface area contributed by atoms with Crippen molar-refractivity contribution in [2.24, 2.45) is 0 Å². The molecule has 1 aromatic rings. The van der Waals surface area contributed by atoms with Crippen LogP contribution in [-0.4, -0.2) is 24.3 Å². The van der Waals surface area contributed by atoms with Crippen LogP contribution in [0.4, 0.5) is 0 Å². The molecule has 19 heavy (non-hydrogen) atoms. The molecular formula is C15H21NO3. The lowest BCUT2D eigenvalue weighted by molar-refractivity contribution is -0.123. The van der Waals surface area contributed by atoms with E-state index in [4.69, 9.17) is 4.74 Å². The van der Waals surface area contributed by atoms with E-state index in [-0.39, 0.29) is 24.3 Å². The summed E-state index contributed by atoms with van der Waals surface area (Å²) in [6.07, 6.45) is 1.82. The van der Waals surface area contributed by atoms with Gasteiger partial charge in [-0.3, -0.25) is 9.59 Å². The zero-order chi connectivity index (χ0) is 14.3. The molecule has 0 aromatic heterocycles. The molecule has 0 radical (unpaired) electrons. The topological polar surface area (TPSA) is 55.4 Å². The molecule has 1 aromatic carbocycles. The fourth-order valence-electron chi connectivity index (χ4n) is 1.70. The van der Waals surface area contributed by atoms with E-state index < -0.39 is 0 Å². The molecule has 1 amide bonds. The molecule has 1 N–H and O–H groups in total. The fraction of sp³-hybridized carbons (Fsp3) is 0.467. The van der Waals surface area contributed by atoms with Gasteiger partial charge in [0.05, 0.1) is 0 Å². The van der Waals surface area contributed by atoms with E-state index in [9.17, 15) is 9.59 Å².